The molecule has 0 aliphatic carbocycles. The molecule has 4 nitrogen and oxygen atoms in total. The molecule has 0 unspecified atom stereocenters. The maximum Gasteiger partial charge on any atom is 0.416 e. The second-order valence-electron chi connectivity index (χ2n) is 7.87. The van der Waals surface area contributed by atoms with Crippen LogP contribution in [-0.4, -0.2) is 34.6 Å². The third-order valence-electron chi connectivity index (χ3n) is 5.31. The quantitative estimate of drug-likeness (QED) is 0.576. The van der Waals surface area contributed by atoms with Gasteiger partial charge in [-0.05, 0) is 54.3 Å². The first-order chi connectivity index (χ1) is 14.9. The van der Waals surface area contributed by atoms with Gasteiger partial charge in [-0.1, -0.05) is 24.3 Å². The van der Waals surface area contributed by atoms with Crippen molar-refractivity contribution in [2.24, 2.45) is 0 Å². The fraction of sp³-hybridized carbons (Fsp3) is 0.333. The molecule has 2 aromatic heterocycles. The lowest BCUT2D eigenvalue weighted by molar-refractivity contribution is -0.137. The molecule has 4 rings (SSSR count). The topological polar surface area (TPSA) is 38.2 Å². The summed E-state index contributed by atoms with van der Waals surface area (Å²) >= 11 is 0. The predicted octanol–water partition coefficient (Wildman–Crippen LogP) is 4.97. The highest BCUT2D eigenvalue weighted by atomic mass is 19.4. The number of aryl methyl sites for hydroxylation is 1. The number of benzene rings is 1. The number of ether oxygens (including phenoxy) is 1. The Morgan fingerprint density at radius 3 is 2.68 bits per heavy atom. The van der Waals surface area contributed by atoms with Crippen molar-refractivity contribution in [3.05, 3.63) is 94.6 Å². The largest absolute Gasteiger partial charge is 0.416 e. The Balaban J connectivity index is 1.50. The van der Waals surface area contributed by atoms with E-state index in [0.717, 1.165) is 41.7 Å². The summed E-state index contributed by atoms with van der Waals surface area (Å²) in [6.07, 6.45) is -0.489. The van der Waals surface area contributed by atoms with Crippen LogP contribution in [0.3, 0.4) is 0 Å². The summed E-state index contributed by atoms with van der Waals surface area (Å²) in [4.78, 5) is 11.1. The van der Waals surface area contributed by atoms with Crippen molar-refractivity contribution in [2.45, 2.75) is 32.2 Å². The fourth-order valence-corrected chi connectivity index (χ4v) is 3.90. The zero-order valence-electron chi connectivity index (χ0n) is 17.3. The number of hydrogen-bond donors (Lipinski definition) is 0. The van der Waals surface area contributed by atoms with Gasteiger partial charge in [0.2, 0.25) is 0 Å². The number of alkyl halides is 3. The normalized spacial score (nSPS) is 17.6. The summed E-state index contributed by atoms with van der Waals surface area (Å²) < 4.78 is 45.1. The molecule has 0 saturated carbocycles. The first-order valence-corrected chi connectivity index (χ1v) is 10.2. The van der Waals surface area contributed by atoms with Crippen LogP contribution < -0.4 is 0 Å². The van der Waals surface area contributed by atoms with E-state index in [-0.39, 0.29) is 6.10 Å². The molecule has 3 heterocycles. The highest BCUT2D eigenvalue weighted by molar-refractivity contribution is 5.32. The average Bonchev–Trinajstić information content (AvgIpc) is 2.74. The van der Waals surface area contributed by atoms with Crippen LogP contribution in [0.15, 0.2) is 60.9 Å². The zero-order valence-corrected chi connectivity index (χ0v) is 17.3. The summed E-state index contributed by atoms with van der Waals surface area (Å²) in [5, 5.41) is 0. The summed E-state index contributed by atoms with van der Waals surface area (Å²) in [5.74, 6) is 0. The van der Waals surface area contributed by atoms with Crippen LogP contribution in [0.2, 0.25) is 0 Å². The maximum atomic E-state index is 13.0. The van der Waals surface area contributed by atoms with Crippen LogP contribution >= 0.6 is 0 Å². The second-order valence-corrected chi connectivity index (χ2v) is 7.87. The highest BCUT2D eigenvalue weighted by Gasteiger charge is 2.30. The smallest absolute Gasteiger partial charge is 0.369 e. The van der Waals surface area contributed by atoms with E-state index in [9.17, 15) is 13.2 Å². The van der Waals surface area contributed by atoms with Crippen molar-refractivity contribution in [2.75, 3.05) is 19.7 Å². The van der Waals surface area contributed by atoms with Gasteiger partial charge in [0.1, 0.15) is 6.10 Å². The highest BCUT2D eigenvalue weighted by Crippen LogP contribution is 2.30. The van der Waals surface area contributed by atoms with Gasteiger partial charge in [-0.2, -0.15) is 13.2 Å². The van der Waals surface area contributed by atoms with Gasteiger partial charge in [0.05, 0.1) is 17.9 Å². The molecular formula is C24H24F3N3O. The van der Waals surface area contributed by atoms with Gasteiger partial charge in [-0.3, -0.25) is 14.9 Å². The van der Waals surface area contributed by atoms with Gasteiger partial charge in [0.25, 0.3) is 0 Å². The van der Waals surface area contributed by atoms with Crippen molar-refractivity contribution in [1.82, 2.24) is 14.9 Å². The Morgan fingerprint density at radius 1 is 1.06 bits per heavy atom. The number of halogens is 3. The summed E-state index contributed by atoms with van der Waals surface area (Å²) in [6, 6.07) is 13.3. The van der Waals surface area contributed by atoms with Crippen molar-refractivity contribution in [1.29, 1.82) is 0 Å². The maximum absolute atomic E-state index is 13.0. The van der Waals surface area contributed by atoms with Crippen molar-refractivity contribution >= 4 is 0 Å². The lowest BCUT2D eigenvalue weighted by Gasteiger charge is -2.32. The molecule has 0 amide bonds. The molecule has 0 spiro atoms. The number of aromatic nitrogens is 2. The van der Waals surface area contributed by atoms with Gasteiger partial charge >= 0.3 is 6.18 Å². The van der Waals surface area contributed by atoms with Gasteiger partial charge in [-0.15, -0.1) is 0 Å². The molecule has 1 fully saturated rings. The van der Waals surface area contributed by atoms with E-state index < -0.39 is 11.7 Å². The number of rotatable bonds is 5. The molecule has 3 aromatic rings. The molecule has 1 aliphatic heterocycles. The SMILES string of the molecule is Cc1cc(Cc2cccc(C(F)(F)F)c2)cc([C@H]2CN(Cc3cccnc3)CCO2)n1. The molecule has 1 aromatic carbocycles. The minimum atomic E-state index is -4.34. The molecule has 0 N–H and O–H groups in total. The minimum absolute atomic E-state index is 0.175. The van der Waals surface area contributed by atoms with E-state index in [2.05, 4.69) is 20.9 Å². The lowest BCUT2D eigenvalue weighted by Crippen LogP contribution is -2.38. The molecule has 1 atom stereocenters. The van der Waals surface area contributed by atoms with Crippen LogP contribution in [0.5, 0.6) is 0 Å². The lowest BCUT2D eigenvalue weighted by atomic mass is 10.0. The Hall–Kier alpha value is -2.77. The number of nitrogens with zero attached hydrogens (tertiary/aromatic N) is 3. The average molecular weight is 427 g/mol. The molecule has 7 heteroatoms. The molecular weight excluding hydrogens is 403 g/mol. The van der Waals surface area contributed by atoms with Crippen molar-refractivity contribution in [3.8, 4) is 0 Å². The van der Waals surface area contributed by atoms with Crippen LogP contribution in [0, 0.1) is 6.92 Å². The Morgan fingerprint density at radius 2 is 1.90 bits per heavy atom. The van der Waals surface area contributed by atoms with E-state index in [4.69, 9.17) is 4.74 Å². The van der Waals surface area contributed by atoms with Crippen molar-refractivity contribution in [3.63, 3.8) is 0 Å². The Bertz CT molecular complexity index is 1020. The standard InChI is InChI=1S/C24H24F3N3O/c1-17-10-20(11-18-4-2-6-21(12-18)24(25,26)27)13-22(29-17)23-16-30(8-9-31-23)15-19-5-3-7-28-14-19/h2-7,10,12-14,23H,8-9,11,15-16H2,1H3/t23-/m1/s1. The molecule has 1 aliphatic rings. The van der Waals surface area contributed by atoms with Gasteiger partial charge in [0, 0.05) is 37.7 Å². The van der Waals surface area contributed by atoms with Crippen LogP contribution in [0.1, 0.15) is 39.7 Å². The second kappa shape index (κ2) is 9.16. The third-order valence-corrected chi connectivity index (χ3v) is 5.31. The number of hydrogen-bond acceptors (Lipinski definition) is 4. The van der Waals surface area contributed by atoms with E-state index in [0.29, 0.717) is 25.1 Å². The zero-order chi connectivity index (χ0) is 21.8. The van der Waals surface area contributed by atoms with Gasteiger partial charge in [0.15, 0.2) is 0 Å². The summed E-state index contributed by atoms with van der Waals surface area (Å²) in [7, 11) is 0. The molecule has 0 radical (unpaired) electrons. The summed E-state index contributed by atoms with van der Waals surface area (Å²) in [6.45, 7) is 4.82. The van der Waals surface area contributed by atoms with Crippen LogP contribution in [0.4, 0.5) is 13.2 Å². The number of pyridine rings is 2. The minimum Gasteiger partial charge on any atom is -0.369 e. The van der Waals surface area contributed by atoms with Crippen LogP contribution in [-0.2, 0) is 23.9 Å². The third kappa shape index (κ3) is 5.68. The molecule has 0 bridgehead atoms. The monoisotopic (exact) mass is 427 g/mol. The van der Waals surface area contributed by atoms with E-state index in [1.807, 2.05) is 31.3 Å². The predicted molar refractivity (Wildman–Crippen MR) is 111 cm³/mol. The molecule has 31 heavy (non-hydrogen) atoms. The van der Waals surface area contributed by atoms with E-state index >= 15 is 0 Å². The van der Waals surface area contributed by atoms with E-state index in [1.165, 1.54) is 12.1 Å². The first-order valence-electron chi connectivity index (χ1n) is 10.2. The molecule has 1 saturated heterocycles. The Labute approximate surface area is 179 Å². The van der Waals surface area contributed by atoms with Gasteiger partial charge in [-0.25, -0.2) is 0 Å². The van der Waals surface area contributed by atoms with Crippen LogP contribution in [0.25, 0.3) is 0 Å². The fourth-order valence-electron chi connectivity index (χ4n) is 3.90. The van der Waals surface area contributed by atoms with Crippen molar-refractivity contribution < 1.29 is 17.9 Å². The molecule has 162 valence electrons. The Kier molecular flexibility index (Phi) is 6.34. The first kappa shape index (κ1) is 21.5. The van der Waals surface area contributed by atoms with Gasteiger partial charge < -0.3 is 4.74 Å². The number of morpholine rings is 1. The van der Waals surface area contributed by atoms with E-state index in [1.54, 1.807) is 12.3 Å². The summed E-state index contributed by atoms with van der Waals surface area (Å²) in [5.41, 5.74) is 3.71.